The van der Waals surface area contributed by atoms with Crippen molar-refractivity contribution in [2.45, 2.75) is 26.3 Å². The molecule has 0 aliphatic heterocycles. The minimum atomic E-state index is 0.866. The highest BCUT2D eigenvalue weighted by Gasteiger charge is 2.30. The summed E-state index contributed by atoms with van der Waals surface area (Å²) in [6.07, 6.45) is 1.40. The molecule has 0 spiro atoms. The van der Waals surface area contributed by atoms with Crippen molar-refractivity contribution in [3.8, 4) is 0 Å². The van der Waals surface area contributed by atoms with E-state index >= 15 is 0 Å². The van der Waals surface area contributed by atoms with E-state index in [4.69, 9.17) is 0 Å². The minimum Gasteiger partial charge on any atom is -0.314 e. The van der Waals surface area contributed by atoms with E-state index in [1.165, 1.54) is 6.42 Å². The topological polar surface area (TPSA) is 12.0 Å². The molecule has 1 saturated carbocycles. The van der Waals surface area contributed by atoms with Gasteiger partial charge in [-0.3, -0.25) is 0 Å². The average molecular weight is 99.2 g/mol. The van der Waals surface area contributed by atoms with Crippen molar-refractivity contribution < 1.29 is 0 Å². The van der Waals surface area contributed by atoms with Gasteiger partial charge in [0, 0.05) is 6.04 Å². The Morgan fingerprint density at radius 3 is 2.43 bits per heavy atom. The fourth-order valence-corrected chi connectivity index (χ4v) is 0.869. The molecule has 0 aromatic carbocycles. The number of hydrogen-bond donors (Lipinski definition) is 1. The maximum absolute atomic E-state index is 3.37. The van der Waals surface area contributed by atoms with Crippen LogP contribution in [-0.2, 0) is 0 Å². The predicted octanol–water partition coefficient (Wildman–Crippen LogP) is 1.00. The first-order chi connectivity index (χ1) is 3.34. The van der Waals surface area contributed by atoms with Gasteiger partial charge in [-0.25, -0.2) is 0 Å². The molecule has 0 amide bonds. The Morgan fingerprint density at radius 1 is 1.71 bits per heavy atom. The summed E-state index contributed by atoms with van der Waals surface area (Å²) < 4.78 is 0. The number of hydrogen-bond acceptors (Lipinski definition) is 1. The summed E-state index contributed by atoms with van der Waals surface area (Å²) in [4.78, 5) is 0. The van der Waals surface area contributed by atoms with Crippen molar-refractivity contribution in [1.29, 1.82) is 0 Å². The largest absolute Gasteiger partial charge is 0.314 e. The van der Waals surface area contributed by atoms with Crippen LogP contribution in [0.5, 0.6) is 0 Å². The van der Waals surface area contributed by atoms with Gasteiger partial charge in [0.2, 0.25) is 0 Å². The van der Waals surface area contributed by atoms with Gasteiger partial charge in [-0.2, -0.15) is 0 Å². The molecule has 1 unspecified atom stereocenters. The van der Waals surface area contributed by atoms with Gasteiger partial charge >= 0.3 is 0 Å². The van der Waals surface area contributed by atoms with Gasteiger partial charge in [-0.05, 0) is 18.9 Å². The Labute approximate surface area is 45.1 Å². The van der Waals surface area contributed by atoms with Crippen LogP contribution >= 0.6 is 0 Å². The van der Waals surface area contributed by atoms with Crippen molar-refractivity contribution >= 4 is 0 Å². The van der Waals surface area contributed by atoms with Gasteiger partial charge in [0.1, 0.15) is 0 Å². The van der Waals surface area contributed by atoms with Crippen LogP contribution in [0.25, 0.3) is 0 Å². The summed E-state index contributed by atoms with van der Waals surface area (Å²) >= 11 is 0. The molecule has 0 heterocycles. The summed E-state index contributed by atoms with van der Waals surface area (Å²) in [5, 5.41) is 3.37. The molecule has 1 nitrogen and oxygen atoms in total. The minimum absolute atomic E-state index is 0.866. The van der Waals surface area contributed by atoms with E-state index in [1.807, 2.05) is 0 Å². The van der Waals surface area contributed by atoms with Gasteiger partial charge in [0.15, 0.2) is 0 Å². The first-order valence-corrected chi connectivity index (χ1v) is 3.08. The smallest absolute Gasteiger partial charge is 0.00962 e. The fourth-order valence-electron chi connectivity index (χ4n) is 0.869. The van der Waals surface area contributed by atoms with Gasteiger partial charge < -0.3 is 5.32 Å². The summed E-state index contributed by atoms with van der Waals surface area (Å²) in [7, 11) is 0. The third-order valence-electron chi connectivity index (χ3n) is 1.58. The van der Waals surface area contributed by atoms with Crippen molar-refractivity contribution in [1.82, 2.24) is 5.32 Å². The highest BCUT2D eigenvalue weighted by atomic mass is 14.9. The third-order valence-corrected chi connectivity index (χ3v) is 1.58. The van der Waals surface area contributed by atoms with Crippen molar-refractivity contribution in [3.05, 3.63) is 0 Å². The van der Waals surface area contributed by atoms with Crippen LogP contribution < -0.4 is 5.32 Å². The van der Waals surface area contributed by atoms with E-state index in [9.17, 15) is 0 Å². The van der Waals surface area contributed by atoms with Crippen LogP contribution in [0, 0.1) is 5.92 Å². The van der Waals surface area contributed by atoms with Gasteiger partial charge in [0.05, 0.1) is 0 Å². The average Bonchev–Trinajstić information content (AvgIpc) is 2.22. The molecule has 2 atom stereocenters. The van der Waals surface area contributed by atoms with Gasteiger partial charge in [-0.1, -0.05) is 13.8 Å². The molecular weight excluding hydrogens is 86.1 g/mol. The van der Waals surface area contributed by atoms with Crippen LogP contribution in [0.2, 0.25) is 0 Å². The maximum Gasteiger partial charge on any atom is 0.00962 e. The monoisotopic (exact) mass is 99.1 g/mol. The molecule has 1 rings (SSSR count). The Bertz CT molecular complexity index is 61.2. The molecule has 1 aliphatic carbocycles. The van der Waals surface area contributed by atoms with Crippen LogP contribution in [0.4, 0.5) is 0 Å². The second-order valence-corrected chi connectivity index (χ2v) is 2.38. The standard InChI is InChI=1S/C6H13N/c1-3-7-6-4-5(6)2/h5-7H,3-4H2,1-2H3/t5-,6?/m1/s1. The van der Waals surface area contributed by atoms with E-state index in [2.05, 4.69) is 19.2 Å². The summed E-state index contributed by atoms with van der Waals surface area (Å²) in [5.74, 6) is 0.958. The lowest BCUT2D eigenvalue weighted by atomic mass is 10.5. The van der Waals surface area contributed by atoms with Crippen LogP contribution in [0.3, 0.4) is 0 Å². The molecule has 42 valence electrons. The normalized spacial score (nSPS) is 38.6. The Kier molecular flexibility index (Phi) is 1.33. The first kappa shape index (κ1) is 5.10. The van der Waals surface area contributed by atoms with Gasteiger partial charge in [-0.15, -0.1) is 0 Å². The van der Waals surface area contributed by atoms with E-state index in [0.29, 0.717) is 0 Å². The molecule has 0 saturated heterocycles. The summed E-state index contributed by atoms with van der Waals surface area (Å²) in [6, 6.07) is 0.866. The molecule has 0 aromatic rings. The summed E-state index contributed by atoms with van der Waals surface area (Å²) in [5.41, 5.74) is 0. The first-order valence-electron chi connectivity index (χ1n) is 3.08. The third kappa shape index (κ3) is 1.16. The Hall–Kier alpha value is -0.0400. The molecule has 1 aliphatic rings. The Morgan fingerprint density at radius 2 is 2.29 bits per heavy atom. The highest BCUT2D eigenvalue weighted by Crippen LogP contribution is 2.28. The SMILES string of the molecule is CCNC1C[C@H]1C. The molecular formula is C6H13N. The van der Waals surface area contributed by atoms with Crippen LogP contribution in [-0.4, -0.2) is 12.6 Å². The summed E-state index contributed by atoms with van der Waals surface area (Å²) in [6.45, 7) is 5.58. The Balaban J connectivity index is 1.98. The number of rotatable bonds is 2. The highest BCUT2D eigenvalue weighted by molar-refractivity contribution is 4.88. The molecule has 1 heteroatoms. The lowest BCUT2D eigenvalue weighted by molar-refractivity contribution is 0.680. The molecule has 7 heavy (non-hydrogen) atoms. The quantitative estimate of drug-likeness (QED) is 0.544. The van der Waals surface area contributed by atoms with Crippen molar-refractivity contribution in [2.75, 3.05) is 6.54 Å². The van der Waals surface area contributed by atoms with E-state index in [0.717, 1.165) is 18.5 Å². The fraction of sp³-hybridized carbons (Fsp3) is 1.00. The van der Waals surface area contributed by atoms with Crippen LogP contribution in [0.1, 0.15) is 20.3 Å². The molecule has 0 aromatic heterocycles. The lowest BCUT2D eigenvalue weighted by Gasteiger charge is -1.92. The lowest BCUT2D eigenvalue weighted by Crippen LogP contribution is -2.16. The van der Waals surface area contributed by atoms with E-state index in [-0.39, 0.29) is 0 Å². The zero-order chi connectivity index (χ0) is 5.28. The van der Waals surface area contributed by atoms with Gasteiger partial charge in [0.25, 0.3) is 0 Å². The number of nitrogens with one attached hydrogen (secondary N) is 1. The molecule has 1 N–H and O–H groups in total. The zero-order valence-corrected chi connectivity index (χ0v) is 5.07. The van der Waals surface area contributed by atoms with Crippen molar-refractivity contribution in [3.63, 3.8) is 0 Å². The predicted molar refractivity (Wildman–Crippen MR) is 31.2 cm³/mol. The van der Waals surface area contributed by atoms with Crippen LogP contribution in [0.15, 0.2) is 0 Å². The second kappa shape index (κ2) is 1.83. The van der Waals surface area contributed by atoms with E-state index < -0.39 is 0 Å². The zero-order valence-electron chi connectivity index (χ0n) is 5.07. The van der Waals surface area contributed by atoms with Crippen molar-refractivity contribution in [2.24, 2.45) is 5.92 Å². The second-order valence-electron chi connectivity index (χ2n) is 2.38. The maximum atomic E-state index is 3.37. The molecule has 1 fully saturated rings. The molecule has 0 bridgehead atoms. The molecule has 0 radical (unpaired) electrons. The van der Waals surface area contributed by atoms with E-state index in [1.54, 1.807) is 0 Å².